The van der Waals surface area contributed by atoms with E-state index in [1.807, 2.05) is 59.5 Å². The van der Waals surface area contributed by atoms with Gasteiger partial charge >= 0.3 is 0 Å². The molecule has 0 saturated carbocycles. The van der Waals surface area contributed by atoms with Gasteiger partial charge in [0.2, 0.25) is 17.7 Å². The number of primary amides is 1. The lowest BCUT2D eigenvalue weighted by atomic mass is 9.95. The number of nitrogens with one attached hydrogen (secondary N) is 1. The Balaban J connectivity index is 1.37. The molecular formula is C26H32N4O3. The molecule has 2 aliphatic rings. The van der Waals surface area contributed by atoms with Gasteiger partial charge in [-0.3, -0.25) is 14.4 Å². The summed E-state index contributed by atoms with van der Waals surface area (Å²) in [5, 5.41) is 3.11. The van der Waals surface area contributed by atoms with Crippen LogP contribution >= 0.6 is 0 Å². The molecule has 3 amide bonds. The predicted octanol–water partition coefficient (Wildman–Crippen LogP) is 2.81. The largest absolute Gasteiger partial charge is 0.370 e. The summed E-state index contributed by atoms with van der Waals surface area (Å²) in [7, 11) is 0. The number of likely N-dealkylation sites (tertiary alicyclic amines) is 1. The lowest BCUT2D eigenvalue weighted by Crippen LogP contribution is -2.44. The molecule has 174 valence electrons. The van der Waals surface area contributed by atoms with Gasteiger partial charge in [-0.15, -0.1) is 0 Å². The van der Waals surface area contributed by atoms with Crippen LogP contribution in [-0.4, -0.2) is 48.8 Å². The third-order valence-electron chi connectivity index (χ3n) is 6.74. The zero-order chi connectivity index (χ0) is 23.2. The van der Waals surface area contributed by atoms with Gasteiger partial charge in [0, 0.05) is 32.1 Å². The van der Waals surface area contributed by atoms with Gasteiger partial charge in [-0.25, -0.2) is 0 Å². The first-order valence-electron chi connectivity index (χ1n) is 11.8. The molecule has 3 N–H and O–H groups in total. The van der Waals surface area contributed by atoms with Crippen LogP contribution < -0.4 is 16.0 Å². The number of piperidine rings is 2. The highest BCUT2D eigenvalue weighted by molar-refractivity contribution is 5.96. The number of carbonyl (C=O) groups excluding carboxylic acids is 3. The monoisotopic (exact) mass is 448 g/mol. The molecule has 2 aliphatic heterocycles. The van der Waals surface area contributed by atoms with Crippen LogP contribution in [0.15, 0.2) is 54.6 Å². The predicted molar refractivity (Wildman–Crippen MR) is 129 cm³/mol. The van der Waals surface area contributed by atoms with E-state index in [9.17, 15) is 14.4 Å². The van der Waals surface area contributed by atoms with E-state index in [-0.39, 0.29) is 29.6 Å². The Labute approximate surface area is 194 Å². The highest BCUT2D eigenvalue weighted by atomic mass is 16.2. The van der Waals surface area contributed by atoms with Gasteiger partial charge in [-0.2, -0.15) is 0 Å². The summed E-state index contributed by atoms with van der Waals surface area (Å²) < 4.78 is 0. The van der Waals surface area contributed by atoms with E-state index in [4.69, 9.17) is 5.73 Å². The Bertz CT molecular complexity index is 986. The first kappa shape index (κ1) is 22.8. The summed E-state index contributed by atoms with van der Waals surface area (Å²) in [6, 6.07) is 17.5. The van der Waals surface area contributed by atoms with Crippen molar-refractivity contribution in [2.75, 3.05) is 36.4 Å². The van der Waals surface area contributed by atoms with Crippen LogP contribution in [0.1, 0.15) is 31.2 Å². The zero-order valence-electron chi connectivity index (χ0n) is 18.9. The van der Waals surface area contributed by atoms with E-state index in [2.05, 4.69) is 10.2 Å². The fourth-order valence-electron chi connectivity index (χ4n) is 4.79. The van der Waals surface area contributed by atoms with Crippen LogP contribution in [0.25, 0.3) is 0 Å². The number of hydrogen-bond donors (Lipinski definition) is 2. The summed E-state index contributed by atoms with van der Waals surface area (Å²) in [6.07, 6.45) is 3.39. The van der Waals surface area contributed by atoms with E-state index in [1.165, 1.54) is 0 Å². The van der Waals surface area contributed by atoms with E-state index in [1.54, 1.807) is 0 Å². The van der Waals surface area contributed by atoms with E-state index >= 15 is 0 Å². The topological polar surface area (TPSA) is 95.7 Å². The van der Waals surface area contributed by atoms with Gasteiger partial charge in [0.05, 0.1) is 23.7 Å². The van der Waals surface area contributed by atoms with Crippen molar-refractivity contribution in [2.24, 2.45) is 17.6 Å². The molecule has 2 aromatic carbocycles. The van der Waals surface area contributed by atoms with E-state index in [0.717, 1.165) is 55.7 Å². The summed E-state index contributed by atoms with van der Waals surface area (Å²) >= 11 is 0. The lowest BCUT2D eigenvalue weighted by molar-refractivity contribution is -0.134. The fraction of sp³-hybridized carbons (Fsp3) is 0.423. The molecule has 0 radical (unpaired) electrons. The first-order chi connectivity index (χ1) is 16.0. The fourth-order valence-corrected chi connectivity index (χ4v) is 4.79. The second-order valence-electron chi connectivity index (χ2n) is 9.01. The highest BCUT2D eigenvalue weighted by Gasteiger charge is 2.30. The molecule has 2 fully saturated rings. The third-order valence-corrected chi connectivity index (χ3v) is 6.74. The maximum atomic E-state index is 13.1. The third kappa shape index (κ3) is 5.72. The lowest BCUT2D eigenvalue weighted by Gasteiger charge is -2.34. The number of benzene rings is 2. The Morgan fingerprint density at radius 1 is 0.879 bits per heavy atom. The Hall–Kier alpha value is -3.35. The van der Waals surface area contributed by atoms with E-state index in [0.29, 0.717) is 19.5 Å². The molecule has 2 heterocycles. The molecule has 33 heavy (non-hydrogen) atoms. The maximum Gasteiger partial charge on any atom is 0.229 e. The number of nitrogens with two attached hydrogens (primary N) is 1. The summed E-state index contributed by atoms with van der Waals surface area (Å²) in [4.78, 5) is 41.4. The van der Waals surface area contributed by atoms with Crippen molar-refractivity contribution in [3.8, 4) is 0 Å². The minimum atomic E-state index is -0.236. The van der Waals surface area contributed by atoms with Crippen LogP contribution in [0.5, 0.6) is 0 Å². The molecule has 0 aliphatic carbocycles. The van der Waals surface area contributed by atoms with Gasteiger partial charge in [0.25, 0.3) is 0 Å². The van der Waals surface area contributed by atoms with Crippen molar-refractivity contribution in [2.45, 2.75) is 32.1 Å². The highest BCUT2D eigenvalue weighted by Crippen LogP contribution is 2.30. The Morgan fingerprint density at radius 2 is 1.58 bits per heavy atom. The van der Waals surface area contributed by atoms with Crippen molar-refractivity contribution < 1.29 is 14.4 Å². The molecule has 7 heteroatoms. The van der Waals surface area contributed by atoms with Gasteiger partial charge in [0.1, 0.15) is 0 Å². The maximum absolute atomic E-state index is 13.1. The molecular weight excluding hydrogens is 416 g/mol. The molecule has 2 aromatic rings. The molecule has 0 aromatic heterocycles. The van der Waals surface area contributed by atoms with Crippen LogP contribution in [0, 0.1) is 11.8 Å². The van der Waals surface area contributed by atoms with Crippen molar-refractivity contribution in [3.05, 3.63) is 60.2 Å². The smallest absolute Gasteiger partial charge is 0.229 e. The van der Waals surface area contributed by atoms with Gasteiger partial charge in [0.15, 0.2) is 0 Å². The minimum absolute atomic E-state index is 0.0494. The molecule has 7 nitrogen and oxygen atoms in total. The number of rotatable bonds is 6. The van der Waals surface area contributed by atoms with Gasteiger partial charge in [-0.1, -0.05) is 42.5 Å². The first-order valence-corrected chi connectivity index (χ1v) is 11.8. The zero-order valence-corrected chi connectivity index (χ0v) is 18.9. The van der Waals surface area contributed by atoms with Crippen molar-refractivity contribution in [3.63, 3.8) is 0 Å². The Kier molecular flexibility index (Phi) is 7.27. The van der Waals surface area contributed by atoms with Crippen molar-refractivity contribution in [1.82, 2.24) is 4.90 Å². The SMILES string of the molecule is NC(=O)C1CCN(c2ccccc2NC(=O)C2CCCN(C(=O)Cc3ccccc3)C2)CC1. The van der Waals surface area contributed by atoms with Crippen LogP contribution in [0.3, 0.4) is 0 Å². The Morgan fingerprint density at radius 3 is 2.30 bits per heavy atom. The van der Waals surface area contributed by atoms with Crippen molar-refractivity contribution >= 4 is 29.1 Å². The van der Waals surface area contributed by atoms with Crippen LogP contribution in [0.4, 0.5) is 11.4 Å². The molecule has 4 rings (SSSR count). The second kappa shape index (κ2) is 10.5. The number of para-hydroxylation sites is 2. The number of hydrogen-bond acceptors (Lipinski definition) is 4. The number of carbonyl (C=O) groups is 3. The molecule has 1 unspecified atom stereocenters. The molecule has 2 saturated heterocycles. The standard InChI is InChI=1S/C26H32N4O3/c27-25(32)20-12-15-29(16-13-20)23-11-5-4-10-22(23)28-26(33)21-9-6-14-30(18-21)24(31)17-19-7-2-1-3-8-19/h1-5,7-8,10-11,20-21H,6,9,12-18H2,(H2,27,32)(H,28,33). The minimum Gasteiger partial charge on any atom is -0.370 e. The number of amides is 3. The quantitative estimate of drug-likeness (QED) is 0.710. The van der Waals surface area contributed by atoms with Gasteiger partial charge < -0.3 is 20.9 Å². The normalized spacial score (nSPS) is 19.2. The van der Waals surface area contributed by atoms with Crippen LogP contribution in [0.2, 0.25) is 0 Å². The van der Waals surface area contributed by atoms with E-state index < -0.39 is 0 Å². The van der Waals surface area contributed by atoms with Gasteiger partial charge in [-0.05, 0) is 43.4 Å². The number of anilines is 2. The molecule has 0 bridgehead atoms. The second-order valence-corrected chi connectivity index (χ2v) is 9.01. The average molecular weight is 449 g/mol. The van der Waals surface area contributed by atoms with Crippen molar-refractivity contribution in [1.29, 1.82) is 0 Å². The molecule has 1 atom stereocenters. The van der Waals surface area contributed by atoms with Crippen LogP contribution in [-0.2, 0) is 20.8 Å². The summed E-state index contributed by atoms with van der Waals surface area (Å²) in [5.74, 6) is -0.528. The summed E-state index contributed by atoms with van der Waals surface area (Å²) in [6.45, 7) is 2.60. The summed E-state index contributed by atoms with van der Waals surface area (Å²) in [5.41, 5.74) is 8.18. The molecule has 0 spiro atoms. The number of nitrogens with zero attached hydrogens (tertiary/aromatic N) is 2. The average Bonchev–Trinajstić information content (AvgIpc) is 2.85.